The van der Waals surface area contributed by atoms with Gasteiger partial charge in [0.05, 0.1) is 23.7 Å². The van der Waals surface area contributed by atoms with Gasteiger partial charge in [-0.05, 0) is 38.8 Å². The summed E-state index contributed by atoms with van der Waals surface area (Å²) < 4.78 is 7.11. The molecule has 1 N–H and O–H groups in total. The Balaban J connectivity index is 1.75. The van der Waals surface area contributed by atoms with E-state index < -0.39 is 0 Å². The molecule has 0 saturated heterocycles. The number of nitrogens with one attached hydrogen (secondary N) is 1. The van der Waals surface area contributed by atoms with E-state index in [2.05, 4.69) is 10.3 Å². The zero-order valence-corrected chi connectivity index (χ0v) is 15.5. The third-order valence-electron chi connectivity index (χ3n) is 4.78. The number of ether oxygens (including phenoxy) is 1. The number of imidazole rings is 1. The predicted octanol–water partition coefficient (Wildman–Crippen LogP) is 3.18. The summed E-state index contributed by atoms with van der Waals surface area (Å²) in [4.78, 5) is 29.2. The van der Waals surface area contributed by atoms with Crippen molar-refractivity contribution in [3.63, 3.8) is 0 Å². The van der Waals surface area contributed by atoms with Crippen molar-refractivity contribution < 1.29 is 14.3 Å². The van der Waals surface area contributed by atoms with E-state index in [-0.39, 0.29) is 30.4 Å². The smallest absolute Gasteiger partial charge is 0.326 e. The number of carbonyl (C=O) groups excluding carboxylic acids is 2. The van der Waals surface area contributed by atoms with Crippen LogP contribution in [-0.4, -0.2) is 27.5 Å². The Kier molecular flexibility index (Phi) is 5.91. The predicted molar refractivity (Wildman–Crippen MR) is 99.4 cm³/mol. The summed E-state index contributed by atoms with van der Waals surface area (Å²) in [7, 11) is 0. The van der Waals surface area contributed by atoms with Crippen LogP contribution in [-0.2, 0) is 27.4 Å². The Morgan fingerprint density at radius 3 is 2.69 bits per heavy atom. The minimum Gasteiger partial charge on any atom is -0.462 e. The van der Waals surface area contributed by atoms with Gasteiger partial charge in [0.2, 0.25) is 5.91 Å². The molecular weight excluding hydrogens is 330 g/mol. The van der Waals surface area contributed by atoms with Gasteiger partial charge >= 0.3 is 5.97 Å². The first-order valence-electron chi connectivity index (χ1n) is 9.46. The van der Waals surface area contributed by atoms with E-state index in [4.69, 9.17) is 4.74 Å². The summed E-state index contributed by atoms with van der Waals surface area (Å²) in [6.07, 6.45) is 5.23. The van der Waals surface area contributed by atoms with Gasteiger partial charge in [-0.2, -0.15) is 0 Å². The van der Waals surface area contributed by atoms with Crippen LogP contribution in [0.15, 0.2) is 24.3 Å². The Morgan fingerprint density at radius 1 is 1.23 bits per heavy atom. The molecule has 1 aromatic heterocycles. The molecule has 6 heteroatoms. The number of hydrogen-bond acceptors (Lipinski definition) is 4. The molecule has 6 nitrogen and oxygen atoms in total. The van der Waals surface area contributed by atoms with E-state index in [1.54, 1.807) is 0 Å². The zero-order chi connectivity index (χ0) is 18.5. The molecule has 0 spiro atoms. The minimum absolute atomic E-state index is 0.0906. The number of para-hydroxylation sites is 2. The lowest BCUT2D eigenvalue weighted by atomic mass is 9.89. The van der Waals surface area contributed by atoms with Crippen LogP contribution in [0.2, 0.25) is 0 Å². The largest absolute Gasteiger partial charge is 0.462 e. The number of carbonyl (C=O) groups is 2. The molecule has 1 fully saturated rings. The fourth-order valence-electron chi connectivity index (χ4n) is 3.54. The summed E-state index contributed by atoms with van der Waals surface area (Å²) in [6, 6.07) is 7.67. The molecule has 1 amide bonds. The average Bonchev–Trinajstić information content (AvgIpc) is 2.97. The lowest BCUT2D eigenvalue weighted by molar-refractivity contribution is -0.148. The monoisotopic (exact) mass is 357 g/mol. The molecule has 1 aliphatic carbocycles. The number of amides is 1. The summed E-state index contributed by atoms with van der Waals surface area (Å²) in [5, 5.41) is 3.01. The molecule has 0 unspecified atom stereocenters. The molecule has 140 valence electrons. The van der Waals surface area contributed by atoms with Gasteiger partial charge in [-0.15, -0.1) is 0 Å². The zero-order valence-electron chi connectivity index (χ0n) is 15.5. The fraction of sp³-hybridized carbons (Fsp3) is 0.550. The van der Waals surface area contributed by atoms with Gasteiger partial charge < -0.3 is 14.6 Å². The van der Waals surface area contributed by atoms with Gasteiger partial charge in [0.1, 0.15) is 12.4 Å². The second-order valence-electron chi connectivity index (χ2n) is 7.19. The summed E-state index contributed by atoms with van der Waals surface area (Å²) in [5.74, 6) is 0.569. The van der Waals surface area contributed by atoms with Gasteiger partial charge in [-0.3, -0.25) is 9.59 Å². The first kappa shape index (κ1) is 18.4. The van der Waals surface area contributed by atoms with E-state index in [1.807, 2.05) is 42.7 Å². The Hall–Kier alpha value is -2.37. The fourth-order valence-corrected chi connectivity index (χ4v) is 3.54. The molecule has 1 saturated carbocycles. The lowest BCUT2D eigenvalue weighted by Crippen LogP contribution is -2.32. The average molecular weight is 357 g/mol. The number of nitrogens with zero attached hydrogens (tertiary/aromatic N) is 2. The molecule has 0 radical (unpaired) electrons. The number of aromatic nitrogens is 2. The summed E-state index contributed by atoms with van der Waals surface area (Å²) >= 11 is 0. The topological polar surface area (TPSA) is 73.2 Å². The molecule has 0 atom stereocenters. The van der Waals surface area contributed by atoms with Crippen LogP contribution < -0.4 is 5.32 Å². The van der Waals surface area contributed by atoms with Crippen LogP contribution >= 0.6 is 0 Å². The van der Waals surface area contributed by atoms with Gasteiger partial charge in [-0.1, -0.05) is 31.4 Å². The normalized spacial score (nSPS) is 15.3. The van der Waals surface area contributed by atoms with Crippen molar-refractivity contribution >= 4 is 22.9 Å². The Labute approximate surface area is 153 Å². The molecule has 1 aliphatic rings. The van der Waals surface area contributed by atoms with E-state index in [1.165, 1.54) is 6.42 Å². The second-order valence-corrected chi connectivity index (χ2v) is 7.19. The minimum atomic E-state index is -0.303. The van der Waals surface area contributed by atoms with Crippen LogP contribution in [0, 0.1) is 5.92 Å². The van der Waals surface area contributed by atoms with Crippen molar-refractivity contribution in [2.75, 3.05) is 0 Å². The van der Waals surface area contributed by atoms with Crippen LogP contribution in [0.5, 0.6) is 0 Å². The highest BCUT2D eigenvalue weighted by Crippen LogP contribution is 2.24. The standard InChI is InChI=1S/C20H27N3O3/c1-14(2)26-19(24)13-23-17-11-7-6-10-16(17)22-18(23)12-21-20(25)15-8-4-3-5-9-15/h6-7,10-11,14-15H,3-5,8-9,12-13H2,1-2H3,(H,21,25). The number of esters is 1. The van der Waals surface area contributed by atoms with E-state index >= 15 is 0 Å². The van der Waals surface area contributed by atoms with Crippen molar-refractivity contribution in [1.29, 1.82) is 0 Å². The first-order chi connectivity index (χ1) is 12.5. The Bertz CT molecular complexity index is 776. The quantitative estimate of drug-likeness (QED) is 0.806. The van der Waals surface area contributed by atoms with E-state index in [0.29, 0.717) is 12.4 Å². The third-order valence-corrected chi connectivity index (χ3v) is 4.78. The van der Waals surface area contributed by atoms with Crippen molar-refractivity contribution in [3.05, 3.63) is 30.1 Å². The number of benzene rings is 1. The highest BCUT2D eigenvalue weighted by Gasteiger charge is 2.22. The summed E-state index contributed by atoms with van der Waals surface area (Å²) in [5.41, 5.74) is 1.68. The maximum absolute atomic E-state index is 12.4. The number of fused-ring (bicyclic) bond motifs is 1. The van der Waals surface area contributed by atoms with E-state index in [9.17, 15) is 9.59 Å². The molecule has 0 aliphatic heterocycles. The molecule has 3 rings (SSSR count). The molecule has 1 aromatic carbocycles. The number of rotatable bonds is 6. The summed E-state index contributed by atoms with van der Waals surface area (Å²) in [6.45, 7) is 4.07. The van der Waals surface area contributed by atoms with Gasteiger partial charge in [0.15, 0.2) is 0 Å². The van der Waals surface area contributed by atoms with Crippen molar-refractivity contribution in [2.45, 2.75) is 65.1 Å². The molecule has 1 heterocycles. The molecule has 2 aromatic rings. The lowest BCUT2D eigenvalue weighted by Gasteiger charge is -2.20. The van der Waals surface area contributed by atoms with E-state index in [0.717, 1.165) is 36.7 Å². The first-order valence-corrected chi connectivity index (χ1v) is 9.46. The van der Waals surface area contributed by atoms with Crippen molar-refractivity contribution in [3.8, 4) is 0 Å². The third kappa shape index (κ3) is 4.42. The van der Waals surface area contributed by atoms with Crippen LogP contribution in [0.4, 0.5) is 0 Å². The Morgan fingerprint density at radius 2 is 1.96 bits per heavy atom. The second kappa shape index (κ2) is 8.34. The maximum atomic E-state index is 12.4. The van der Waals surface area contributed by atoms with Crippen molar-refractivity contribution in [2.24, 2.45) is 5.92 Å². The van der Waals surface area contributed by atoms with Crippen LogP contribution in [0.25, 0.3) is 11.0 Å². The SMILES string of the molecule is CC(C)OC(=O)Cn1c(CNC(=O)C2CCCCC2)nc2ccccc21. The van der Waals surface area contributed by atoms with Crippen molar-refractivity contribution in [1.82, 2.24) is 14.9 Å². The van der Waals surface area contributed by atoms with Crippen LogP contribution in [0.3, 0.4) is 0 Å². The highest BCUT2D eigenvalue weighted by molar-refractivity contribution is 5.80. The van der Waals surface area contributed by atoms with Crippen LogP contribution in [0.1, 0.15) is 51.8 Å². The highest BCUT2D eigenvalue weighted by atomic mass is 16.5. The molecule has 26 heavy (non-hydrogen) atoms. The number of hydrogen-bond donors (Lipinski definition) is 1. The van der Waals surface area contributed by atoms with Gasteiger partial charge in [0.25, 0.3) is 0 Å². The maximum Gasteiger partial charge on any atom is 0.326 e. The van der Waals surface area contributed by atoms with Gasteiger partial charge in [0, 0.05) is 5.92 Å². The molecular formula is C20H27N3O3. The molecule has 0 bridgehead atoms. The van der Waals surface area contributed by atoms with Gasteiger partial charge in [-0.25, -0.2) is 4.98 Å².